The second-order valence-corrected chi connectivity index (χ2v) is 6.13. The van der Waals surface area contributed by atoms with Gasteiger partial charge >= 0.3 is 0 Å². The first-order valence-electron chi connectivity index (χ1n) is 6.81. The van der Waals surface area contributed by atoms with Gasteiger partial charge in [-0.2, -0.15) is 0 Å². The van der Waals surface area contributed by atoms with Crippen LogP contribution in [-0.4, -0.2) is 12.1 Å². The Kier molecular flexibility index (Phi) is 4.73. The molecule has 4 heteroatoms. The maximum Gasteiger partial charge on any atom is 0.219 e. The summed E-state index contributed by atoms with van der Waals surface area (Å²) in [5.74, 6) is 2.41. The van der Waals surface area contributed by atoms with Crippen LogP contribution < -0.4 is 9.47 Å². The van der Waals surface area contributed by atoms with Crippen LogP contribution in [0.25, 0.3) is 0 Å². The second kappa shape index (κ2) is 6.35. The summed E-state index contributed by atoms with van der Waals surface area (Å²) in [6, 6.07) is 11.3. The molecular weight excluding hydrogens is 286 g/mol. The van der Waals surface area contributed by atoms with Crippen molar-refractivity contribution in [1.29, 1.82) is 0 Å². The highest BCUT2D eigenvalue weighted by Gasteiger charge is 2.17. The number of hydrogen-bond acceptors (Lipinski definition) is 3. The lowest BCUT2D eigenvalue weighted by Crippen LogP contribution is -2.14. The molecule has 21 heavy (non-hydrogen) atoms. The zero-order valence-electron chi connectivity index (χ0n) is 12.8. The van der Waals surface area contributed by atoms with Crippen LogP contribution in [0, 0.1) is 0 Å². The third-order valence-electron chi connectivity index (χ3n) is 3.05. The molecule has 2 aromatic rings. The fourth-order valence-electron chi connectivity index (χ4n) is 1.86. The number of aromatic nitrogens is 1. The highest BCUT2D eigenvalue weighted by Crippen LogP contribution is 2.28. The Morgan fingerprint density at radius 2 is 1.81 bits per heavy atom. The third-order valence-corrected chi connectivity index (χ3v) is 3.36. The quantitative estimate of drug-likeness (QED) is 0.751. The molecule has 1 heterocycles. The first-order chi connectivity index (χ1) is 9.92. The molecule has 0 atom stereocenters. The Morgan fingerprint density at radius 1 is 1.10 bits per heavy atom. The van der Waals surface area contributed by atoms with Crippen molar-refractivity contribution < 1.29 is 9.47 Å². The van der Waals surface area contributed by atoms with Crippen molar-refractivity contribution in [3.63, 3.8) is 0 Å². The number of benzene rings is 1. The van der Waals surface area contributed by atoms with Crippen LogP contribution in [0.4, 0.5) is 0 Å². The Hall–Kier alpha value is -1.74. The first kappa shape index (κ1) is 15.6. The highest BCUT2D eigenvalue weighted by atomic mass is 35.5. The average molecular weight is 306 g/mol. The highest BCUT2D eigenvalue weighted by molar-refractivity contribution is 6.17. The Labute approximate surface area is 130 Å². The van der Waals surface area contributed by atoms with Crippen LogP contribution in [-0.2, 0) is 11.3 Å². The molecule has 112 valence electrons. The van der Waals surface area contributed by atoms with Gasteiger partial charge in [-0.1, -0.05) is 26.8 Å². The fraction of sp³-hybridized carbons (Fsp3) is 0.353. The molecule has 2 rings (SSSR count). The number of ether oxygens (including phenoxy) is 2. The lowest BCUT2D eigenvalue weighted by atomic mass is 9.91. The molecule has 0 bridgehead atoms. The smallest absolute Gasteiger partial charge is 0.219 e. The van der Waals surface area contributed by atoms with Crippen LogP contribution in [0.15, 0.2) is 36.4 Å². The molecule has 0 unspecified atom stereocenters. The van der Waals surface area contributed by atoms with Gasteiger partial charge in [0.25, 0.3) is 0 Å². The third kappa shape index (κ3) is 4.11. The molecule has 0 amide bonds. The van der Waals surface area contributed by atoms with Crippen LogP contribution in [0.1, 0.15) is 32.0 Å². The molecule has 0 fully saturated rings. The summed E-state index contributed by atoms with van der Waals surface area (Å²) in [5.41, 5.74) is 1.89. The molecular formula is C17H20ClNO2. The summed E-state index contributed by atoms with van der Waals surface area (Å²) in [6.45, 7) is 6.34. The summed E-state index contributed by atoms with van der Waals surface area (Å²) in [6.07, 6.45) is 0. The van der Waals surface area contributed by atoms with Gasteiger partial charge in [-0.05, 0) is 23.8 Å². The predicted molar refractivity (Wildman–Crippen MR) is 85.6 cm³/mol. The van der Waals surface area contributed by atoms with Crippen molar-refractivity contribution in [1.82, 2.24) is 4.98 Å². The summed E-state index contributed by atoms with van der Waals surface area (Å²) in [4.78, 5) is 4.58. The molecule has 0 spiro atoms. The zero-order chi connectivity index (χ0) is 15.5. The largest absolute Gasteiger partial charge is 0.497 e. The van der Waals surface area contributed by atoms with Crippen molar-refractivity contribution in [3.8, 4) is 17.4 Å². The molecule has 1 aromatic heterocycles. The zero-order valence-corrected chi connectivity index (χ0v) is 13.6. The van der Waals surface area contributed by atoms with E-state index >= 15 is 0 Å². The van der Waals surface area contributed by atoms with Gasteiger partial charge in [0, 0.05) is 23.4 Å². The van der Waals surface area contributed by atoms with Crippen molar-refractivity contribution in [2.45, 2.75) is 32.1 Å². The number of alkyl halides is 1. The minimum Gasteiger partial charge on any atom is -0.497 e. The van der Waals surface area contributed by atoms with Crippen LogP contribution in [0.5, 0.6) is 17.4 Å². The molecule has 3 nitrogen and oxygen atoms in total. The van der Waals surface area contributed by atoms with Crippen molar-refractivity contribution in [2.75, 3.05) is 7.11 Å². The van der Waals surface area contributed by atoms with Crippen LogP contribution in [0.3, 0.4) is 0 Å². The van der Waals surface area contributed by atoms with Gasteiger partial charge in [0.05, 0.1) is 12.8 Å². The molecule has 0 radical (unpaired) electrons. The van der Waals surface area contributed by atoms with Gasteiger partial charge in [-0.15, -0.1) is 11.6 Å². The first-order valence-corrected chi connectivity index (χ1v) is 7.35. The Bertz CT molecular complexity index is 620. The van der Waals surface area contributed by atoms with Crippen molar-refractivity contribution in [3.05, 3.63) is 47.7 Å². The number of halogens is 1. The number of pyridine rings is 1. The van der Waals surface area contributed by atoms with Crippen LogP contribution in [0.2, 0.25) is 0 Å². The van der Waals surface area contributed by atoms with Crippen molar-refractivity contribution >= 4 is 11.6 Å². The number of hydrogen-bond donors (Lipinski definition) is 0. The minimum atomic E-state index is -0.0610. The number of rotatable bonds is 4. The Balaban J connectivity index is 2.34. The van der Waals surface area contributed by atoms with Gasteiger partial charge < -0.3 is 9.47 Å². The van der Waals surface area contributed by atoms with E-state index in [0.29, 0.717) is 17.5 Å². The summed E-state index contributed by atoms with van der Waals surface area (Å²) in [7, 11) is 1.63. The lowest BCUT2D eigenvalue weighted by molar-refractivity contribution is 0.406. The molecule has 0 aliphatic rings. The fourth-order valence-corrected chi connectivity index (χ4v) is 2.01. The predicted octanol–water partition coefficient (Wildman–Crippen LogP) is 4.92. The summed E-state index contributed by atoms with van der Waals surface area (Å²) < 4.78 is 11.0. The van der Waals surface area contributed by atoms with E-state index in [1.807, 2.05) is 36.4 Å². The van der Waals surface area contributed by atoms with E-state index in [4.69, 9.17) is 21.1 Å². The SMILES string of the molecule is COc1cccc(Oc2cc(CCl)cc(C(C)(C)C)n2)c1. The molecule has 0 aliphatic heterocycles. The van der Waals surface area contributed by atoms with Gasteiger partial charge in [-0.3, -0.25) is 0 Å². The number of methoxy groups -OCH3 is 1. The minimum absolute atomic E-state index is 0.0610. The van der Waals surface area contributed by atoms with Gasteiger partial charge in [0.1, 0.15) is 11.5 Å². The van der Waals surface area contributed by atoms with E-state index in [1.165, 1.54) is 0 Å². The number of nitrogens with zero attached hydrogens (tertiary/aromatic N) is 1. The van der Waals surface area contributed by atoms with E-state index in [2.05, 4.69) is 25.8 Å². The van der Waals surface area contributed by atoms with E-state index in [0.717, 1.165) is 17.0 Å². The maximum absolute atomic E-state index is 5.97. The summed E-state index contributed by atoms with van der Waals surface area (Å²) in [5, 5.41) is 0. The van der Waals surface area contributed by atoms with Gasteiger partial charge in [0.15, 0.2) is 0 Å². The molecule has 1 aromatic carbocycles. The lowest BCUT2D eigenvalue weighted by Gasteiger charge is -2.19. The normalized spacial score (nSPS) is 11.3. The van der Waals surface area contributed by atoms with E-state index < -0.39 is 0 Å². The molecule has 0 N–H and O–H groups in total. The molecule has 0 saturated heterocycles. The van der Waals surface area contributed by atoms with Crippen molar-refractivity contribution in [2.24, 2.45) is 0 Å². The monoisotopic (exact) mass is 305 g/mol. The van der Waals surface area contributed by atoms with Crippen LogP contribution >= 0.6 is 11.6 Å². The van der Waals surface area contributed by atoms with Gasteiger partial charge in [-0.25, -0.2) is 4.98 Å². The van der Waals surface area contributed by atoms with E-state index in [1.54, 1.807) is 7.11 Å². The topological polar surface area (TPSA) is 31.4 Å². The molecule has 0 saturated carbocycles. The maximum atomic E-state index is 5.97. The van der Waals surface area contributed by atoms with E-state index in [9.17, 15) is 0 Å². The average Bonchev–Trinajstić information content (AvgIpc) is 2.46. The molecule has 0 aliphatic carbocycles. The standard InChI is InChI=1S/C17H20ClNO2/c1-17(2,3)15-8-12(11-18)9-16(19-15)21-14-7-5-6-13(10-14)20-4/h5-10H,11H2,1-4H3. The summed E-state index contributed by atoms with van der Waals surface area (Å²) >= 11 is 5.97. The Morgan fingerprint density at radius 3 is 2.43 bits per heavy atom. The van der Waals surface area contributed by atoms with Gasteiger partial charge in [0.2, 0.25) is 5.88 Å². The van der Waals surface area contributed by atoms with E-state index in [-0.39, 0.29) is 5.41 Å². The second-order valence-electron chi connectivity index (χ2n) is 5.86.